The third-order valence-electron chi connectivity index (χ3n) is 18.9. The van der Waals surface area contributed by atoms with Crippen LogP contribution in [0.5, 0.6) is 5.75 Å². The van der Waals surface area contributed by atoms with Crippen molar-refractivity contribution in [3.63, 3.8) is 0 Å². The lowest BCUT2D eigenvalue weighted by Gasteiger charge is -2.32. The average molecular weight is 2000 g/mol. The molecule has 135 heavy (non-hydrogen) atoms. The van der Waals surface area contributed by atoms with E-state index in [0.29, 0.717) is 17.7 Å². The molecule has 0 saturated carbocycles. The summed E-state index contributed by atoms with van der Waals surface area (Å²) < 4.78 is 489. The molecule has 0 aliphatic rings. The van der Waals surface area contributed by atoms with Crippen LogP contribution in [-0.2, 0) is 6.18 Å². The molecule has 0 spiro atoms. The van der Waals surface area contributed by atoms with E-state index in [9.17, 15) is 177 Å². The molecule has 0 aliphatic carbocycles. The smallest absolute Gasteiger partial charge is 0.399 e. The lowest BCUT2D eigenvalue weighted by molar-refractivity contribution is -0.390. The minimum Gasteiger partial charge on any atom is -0.399 e. The van der Waals surface area contributed by atoms with Crippen LogP contribution < -0.4 is 15.1 Å². The summed E-state index contributed by atoms with van der Waals surface area (Å²) in [5, 5.41) is 21.6. The van der Waals surface area contributed by atoms with Crippen molar-refractivity contribution in [1.82, 2.24) is 4.98 Å². The number of nitrogens with zero attached hydrogens (tertiary/aromatic N) is 3. The van der Waals surface area contributed by atoms with Crippen molar-refractivity contribution in [1.29, 1.82) is 5.26 Å². The number of nitro groups is 1. The van der Waals surface area contributed by atoms with Crippen molar-refractivity contribution in [2.75, 3.05) is 0 Å². The second-order valence-corrected chi connectivity index (χ2v) is 35.9. The molecule has 0 saturated heterocycles. The van der Waals surface area contributed by atoms with Gasteiger partial charge in [-0.1, -0.05) is 202 Å². The van der Waals surface area contributed by atoms with E-state index in [2.05, 4.69) is 90.8 Å². The fourth-order valence-corrected chi connectivity index (χ4v) is 15.5. The van der Waals surface area contributed by atoms with Gasteiger partial charge in [0.1, 0.15) is 42.7 Å². The second-order valence-electron chi connectivity index (χ2n) is 31.2. The molecule has 0 amide bonds. The van der Waals surface area contributed by atoms with E-state index in [4.69, 9.17) is 5.26 Å². The molecule has 10 aromatic rings. The molecule has 10 rings (SSSR count). The lowest BCUT2D eigenvalue weighted by atomic mass is 9.98. The molecule has 0 fully saturated rings. The maximum atomic E-state index is 13.3. The standard InChI is InChI=1S/C16H20Si.C10H7F7O.C10H7F7.C10H7F4N.C9H7F5.C9H7F4NO2.C9H8F4.C9H9F3.C8H7F4N/c1-14(2)17(3,15-10-6-4-7-11-15)16-12-8-5-9-13-16;1-3(2)4-5(11)7(13)9(8(14)6(4)12)18-10(15,16)17;1-3(2)4-6(11)8(13)5(10(15,16)17)9(14)7(4)12;1-4(2)6-9(13)7(11)5(3-15)8(12)10(6)14;1-3(2)4-5(10)7(12)9(14)8(13)6(4)11;1-3(2)4-5(10)7(12)9(14(15)16)8(13)6(4)11;1-4(2)7-8(12)5(10)3-6(11)9(7)13;1-5(2)9-7(11)3-6(10)4-8(9)12;1-3(2)4-5(9)7(11)13-8(12)6(4)10/h4-14H,1-3H3;3H,1-2H3;3H,1-2H3;4H,1-2H3;3H,1-2H3;3H,1-2H3;3-4H,1-2H3;3-5H,1-2H3;3H,1-2H3. The molecule has 0 aliphatic heterocycles. The van der Waals surface area contributed by atoms with Gasteiger partial charge in [0.2, 0.25) is 34.8 Å². The van der Waals surface area contributed by atoms with Crippen LogP contribution in [0.4, 0.5) is 173 Å². The van der Waals surface area contributed by atoms with E-state index < -0.39 is 315 Å². The van der Waals surface area contributed by atoms with Crippen molar-refractivity contribution < 1.29 is 176 Å². The van der Waals surface area contributed by atoms with Crippen molar-refractivity contribution in [3.05, 3.63) is 331 Å². The van der Waals surface area contributed by atoms with Gasteiger partial charge in [-0.05, 0) is 52.9 Å². The highest BCUT2D eigenvalue weighted by molar-refractivity contribution is 7.02. The summed E-state index contributed by atoms with van der Waals surface area (Å²) in [6.45, 7) is 29.2. The first-order valence-corrected chi connectivity index (χ1v) is 41.5. The number of aromatic nitrogens is 1. The minimum atomic E-state index is -5.49. The molecule has 0 unspecified atom stereocenters. The Balaban J connectivity index is 0.000000515. The Morgan fingerprint density at radius 3 is 0.815 bits per heavy atom. The summed E-state index contributed by atoms with van der Waals surface area (Å²) in [5.41, 5.74) is -10.4. The molecule has 0 N–H and O–H groups in total. The summed E-state index contributed by atoms with van der Waals surface area (Å²) in [7, 11) is -1.58. The van der Waals surface area contributed by atoms with Crippen LogP contribution in [0.1, 0.15) is 228 Å². The number of alkyl halides is 6. The zero-order chi connectivity index (χ0) is 105. The van der Waals surface area contributed by atoms with E-state index in [1.54, 1.807) is 13.8 Å². The summed E-state index contributed by atoms with van der Waals surface area (Å²) >= 11 is 0. The van der Waals surface area contributed by atoms with Crippen LogP contribution in [0.2, 0.25) is 12.1 Å². The molecule has 0 bridgehead atoms. The van der Waals surface area contributed by atoms with Crippen molar-refractivity contribution in [2.45, 2.75) is 197 Å². The Bertz CT molecular complexity index is 5530. The summed E-state index contributed by atoms with van der Waals surface area (Å²) in [5.74, 6) is -62.0. The number of ether oxygens (including phenoxy) is 1. The van der Waals surface area contributed by atoms with E-state index >= 15 is 0 Å². The lowest BCUT2D eigenvalue weighted by Crippen LogP contribution is -2.57. The van der Waals surface area contributed by atoms with Gasteiger partial charge < -0.3 is 4.74 Å². The van der Waals surface area contributed by atoms with Crippen LogP contribution in [0.3, 0.4) is 0 Å². The number of rotatable bonds is 13. The zero-order valence-electron chi connectivity index (χ0n) is 73.6. The van der Waals surface area contributed by atoms with Crippen LogP contribution in [0.25, 0.3) is 0 Å². The minimum absolute atomic E-state index is 0.0589. The monoisotopic (exact) mass is 2000 g/mol. The van der Waals surface area contributed by atoms with Crippen molar-refractivity contribution >= 4 is 24.1 Å². The number of nitro benzene ring substituents is 1. The van der Waals surface area contributed by atoms with Crippen LogP contribution in [0.15, 0.2) is 78.9 Å². The Morgan fingerprint density at radius 1 is 0.319 bits per heavy atom. The number of halogens is 38. The van der Waals surface area contributed by atoms with Crippen LogP contribution >= 0.6 is 0 Å². The first-order chi connectivity index (χ1) is 61.8. The molecule has 1 aromatic heterocycles. The van der Waals surface area contributed by atoms with Crippen LogP contribution in [0, 0.1) is 208 Å². The highest BCUT2D eigenvalue weighted by Crippen LogP contribution is 2.42. The van der Waals surface area contributed by atoms with Gasteiger partial charge >= 0.3 is 18.2 Å². The fourth-order valence-electron chi connectivity index (χ4n) is 12.0. The van der Waals surface area contributed by atoms with Crippen molar-refractivity contribution in [2.24, 2.45) is 0 Å². The quantitative estimate of drug-likeness (QED) is 0.0218. The van der Waals surface area contributed by atoms with E-state index in [0.717, 1.165) is 6.07 Å². The Labute approximate surface area is 747 Å². The topological polar surface area (TPSA) is 89.0 Å². The van der Waals surface area contributed by atoms with E-state index in [1.807, 2.05) is 0 Å². The first-order valence-electron chi connectivity index (χ1n) is 38.9. The van der Waals surface area contributed by atoms with Gasteiger partial charge in [0.25, 0.3) is 11.9 Å². The predicted molar refractivity (Wildman–Crippen MR) is 423 cm³/mol. The first kappa shape index (κ1) is 119. The van der Waals surface area contributed by atoms with Crippen LogP contribution in [-0.4, -0.2) is 24.3 Å². The second kappa shape index (κ2) is 49.7. The number of hydrogen-bond acceptors (Lipinski definition) is 5. The summed E-state index contributed by atoms with van der Waals surface area (Å²) in [4.78, 5) is 11.2. The zero-order valence-corrected chi connectivity index (χ0v) is 74.6. The molecule has 0 radical (unpaired) electrons. The summed E-state index contributed by atoms with van der Waals surface area (Å²) in [6, 6.07) is 24.7. The maximum Gasteiger partial charge on any atom is 0.573 e. The fraction of sp³-hybridized carbons (Fsp3) is 0.333. The predicted octanol–water partition coefficient (Wildman–Crippen LogP) is 31.3. The van der Waals surface area contributed by atoms with Gasteiger partial charge in [0.15, 0.2) is 128 Å². The average Bonchev–Trinajstić information content (AvgIpc) is 0.767. The van der Waals surface area contributed by atoms with Gasteiger partial charge in [0, 0.05) is 62.7 Å². The third kappa shape index (κ3) is 29.0. The Hall–Kier alpha value is -11.6. The molecule has 9 aromatic carbocycles. The molecular formula is C90H79F38N3O3Si. The number of pyridine rings is 1. The number of hydrogen-bond donors (Lipinski definition) is 0. The van der Waals surface area contributed by atoms with Crippen molar-refractivity contribution in [3.8, 4) is 11.8 Å². The normalized spacial score (nSPS) is 11.4. The molecule has 742 valence electrons. The third-order valence-corrected chi connectivity index (χ3v) is 24.3. The van der Waals surface area contributed by atoms with Gasteiger partial charge in [-0.25, -0.2) is 114 Å². The Morgan fingerprint density at radius 2 is 0.563 bits per heavy atom. The molecule has 1 heterocycles. The number of nitriles is 1. The van der Waals surface area contributed by atoms with E-state index in [-0.39, 0.29) is 17.5 Å². The Kier molecular flexibility index (Phi) is 44.0. The largest absolute Gasteiger partial charge is 0.573 e. The SMILES string of the molecule is CC(C)[Si](C)(c1ccccc1)c1ccccc1.CC(C)c1c(F)c(F)c(C#N)c(F)c1F.CC(C)c1c(F)c(F)c(C(F)(F)F)c(F)c1F.CC(C)c1c(F)c(F)c(F)c(F)c1F.CC(C)c1c(F)c(F)c(OC(F)(F)F)c(F)c1F.CC(C)c1c(F)c(F)c([N+](=O)[O-])c(F)c1F.CC(C)c1c(F)c(F)cc(F)c1F.CC(C)c1c(F)c(F)nc(F)c1F.CC(C)c1c(F)cc(F)cc1F. The van der Waals surface area contributed by atoms with E-state index in [1.165, 1.54) is 107 Å². The molecular weight excluding hydrogens is 1920 g/mol. The van der Waals surface area contributed by atoms with Gasteiger partial charge in [-0.15, -0.1) is 13.2 Å². The highest BCUT2D eigenvalue weighted by Gasteiger charge is 2.44. The number of benzene rings is 9. The summed E-state index contributed by atoms with van der Waals surface area (Å²) in [6.07, 6.45) is -11.0. The van der Waals surface area contributed by atoms with Gasteiger partial charge in [0.05, 0.1) is 4.92 Å². The molecule has 0 atom stereocenters. The molecule has 45 heteroatoms. The highest BCUT2D eigenvalue weighted by atomic mass is 28.3. The maximum absolute atomic E-state index is 13.3. The molecule has 6 nitrogen and oxygen atoms in total. The van der Waals surface area contributed by atoms with Gasteiger partial charge in [-0.3, -0.25) is 10.1 Å². The van der Waals surface area contributed by atoms with Gasteiger partial charge in [-0.2, -0.15) is 49.8 Å².